The number of ether oxygens (including phenoxy) is 1. The fourth-order valence-electron chi connectivity index (χ4n) is 6.96. The zero-order valence-electron chi connectivity index (χ0n) is 25.1. The number of aliphatic hydroxyl groups is 2. The fraction of sp³-hybridized carbons (Fsp3) is 0.706. The molecule has 4 atom stereocenters. The molecule has 228 valence electrons. The number of nitrogens with zero attached hydrogens (tertiary/aromatic N) is 1. The minimum Gasteiger partial charge on any atom is -0.486 e. The first kappa shape index (κ1) is 31.6. The highest BCUT2D eigenvalue weighted by Crippen LogP contribution is 2.47. The summed E-state index contributed by atoms with van der Waals surface area (Å²) in [5.74, 6) is 0.434. The van der Waals surface area contributed by atoms with Crippen molar-refractivity contribution in [3.05, 3.63) is 41.5 Å². The molecule has 1 heterocycles. The van der Waals surface area contributed by atoms with Crippen molar-refractivity contribution in [1.82, 2.24) is 10.2 Å². The molecule has 0 aromatic heterocycles. The Kier molecular flexibility index (Phi) is 12.6. The van der Waals surface area contributed by atoms with Crippen molar-refractivity contribution >= 4 is 11.8 Å². The van der Waals surface area contributed by atoms with Crippen LogP contribution in [0.3, 0.4) is 0 Å². The highest BCUT2D eigenvalue weighted by Gasteiger charge is 2.50. The van der Waals surface area contributed by atoms with E-state index in [1.807, 2.05) is 35.2 Å². The molecule has 0 radical (unpaired) electrons. The summed E-state index contributed by atoms with van der Waals surface area (Å²) in [6.07, 6.45) is 17.2. The van der Waals surface area contributed by atoms with E-state index in [1.54, 1.807) is 0 Å². The van der Waals surface area contributed by atoms with Crippen molar-refractivity contribution in [2.75, 3.05) is 19.7 Å². The third-order valence-electron chi connectivity index (χ3n) is 9.23. The van der Waals surface area contributed by atoms with Crippen molar-refractivity contribution in [3.8, 4) is 5.75 Å². The molecular formula is C34H52N2O5. The summed E-state index contributed by atoms with van der Waals surface area (Å²) in [6.45, 7) is 2.83. The average molecular weight is 569 g/mol. The number of aliphatic hydroxyl groups excluding tert-OH is 2. The molecule has 2 amide bonds. The number of rotatable bonds is 16. The van der Waals surface area contributed by atoms with Crippen molar-refractivity contribution in [2.24, 2.45) is 5.92 Å². The van der Waals surface area contributed by atoms with Crippen LogP contribution in [0.1, 0.15) is 115 Å². The molecule has 3 N–H and O–H groups in total. The predicted octanol–water partition coefficient (Wildman–Crippen LogP) is 5.64. The van der Waals surface area contributed by atoms with Crippen molar-refractivity contribution < 1.29 is 24.5 Å². The summed E-state index contributed by atoms with van der Waals surface area (Å²) in [7, 11) is 0. The molecular weight excluding hydrogens is 516 g/mol. The smallest absolute Gasteiger partial charge is 0.247 e. The molecule has 3 aliphatic rings. The maximum absolute atomic E-state index is 13.8. The van der Waals surface area contributed by atoms with Gasteiger partial charge in [0.1, 0.15) is 18.0 Å². The van der Waals surface area contributed by atoms with Crippen LogP contribution >= 0.6 is 0 Å². The Bertz CT molecular complexity index is 1000. The van der Waals surface area contributed by atoms with Gasteiger partial charge in [-0.15, -0.1) is 0 Å². The van der Waals surface area contributed by atoms with Gasteiger partial charge in [-0.3, -0.25) is 9.59 Å². The summed E-state index contributed by atoms with van der Waals surface area (Å²) < 4.78 is 6.26. The summed E-state index contributed by atoms with van der Waals surface area (Å²) in [5, 5.41) is 23.9. The lowest BCUT2D eigenvalue weighted by Gasteiger charge is -2.42. The zero-order chi connectivity index (χ0) is 29.0. The van der Waals surface area contributed by atoms with E-state index in [2.05, 4.69) is 12.2 Å². The third-order valence-corrected chi connectivity index (χ3v) is 9.23. The minimum absolute atomic E-state index is 0.0582. The lowest BCUT2D eigenvalue weighted by Crippen LogP contribution is -2.56. The maximum Gasteiger partial charge on any atom is 0.247 e. The van der Waals surface area contributed by atoms with Crippen LogP contribution in [0.5, 0.6) is 5.75 Å². The first-order valence-corrected chi connectivity index (χ1v) is 16.4. The van der Waals surface area contributed by atoms with Gasteiger partial charge < -0.3 is 25.2 Å². The first-order valence-electron chi connectivity index (χ1n) is 16.4. The standard InChI is InChI=1S/C34H52N2O5/c1-2-3-4-5-6-7-8-9-13-20-30(38)36(24-25-16-11-10-12-17-25)28-23-27(34(40)35-21-22-37)31-26-18-14-15-19-29(26)41-33(31)32(28)39/h14-15,18-19,23,25,28,31-33,37,39H,2-13,16-17,20-22,24H2,1H3,(H,35,40)/t28-,31+,32+,33+/m1/s1. The number of unbranched alkanes of at least 4 members (excludes halogenated alkanes) is 8. The van der Waals surface area contributed by atoms with Gasteiger partial charge in [-0.2, -0.15) is 0 Å². The molecule has 0 spiro atoms. The van der Waals surface area contributed by atoms with Crippen LogP contribution in [0, 0.1) is 5.92 Å². The molecule has 7 heteroatoms. The van der Waals surface area contributed by atoms with E-state index in [0.29, 0.717) is 30.2 Å². The molecule has 1 aromatic rings. The van der Waals surface area contributed by atoms with E-state index in [-0.39, 0.29) is 25.0 Å². The fourth-order valence-corrected chi connectivity index (χ4v) is 6.96. The van der Waals surface area contributed by atoms with Crippen molar-refractivity contribution in [2.45, 2.75) is 127 Å². The zero-order valence-corrected chi connectivity index (χ0v) is 25.1. The Morgan fingerprint density at radius 1 is 0.976 bits per heavy atom. The van der Waals surface area contributed by atoms with Crippen LogP contribution in [0.4, 0.5) is 0 Å². The van der Waals surface area contributed by atoms with Gasteiger partial charge in [0.2, 0.25) is 11.8 Å². The number of carbonyl (C=O) groups is 2. The number of carbonyl (C=O) groups excluding carboxylic acids is 2. The number of para-hydroxylation sites is 1. The van der Waals surface area contributed by atoms with E-state index >= 15 is 0 Å². The molecule has 4 rings (SSSR count). The second-order valence-corrected chi connectivity index (χ2v) is 12.3. The normalized spacial score (nSPS) is 23.7. The summed E-state index contributed by atoms with van der Waals surface area (Å²) >= 11 is 0. The van der Waals surface area contributed by atoms with Crippen LogP contribution in [0.15, 0.2) is 35.9 Å². The largest absolute Gasteiger partial charge is 0.486 e. The minimum atomic E-state index is -0.947. The van der Waals surface area contributed by atoms with Crippen molar-refractivity contribution in [1.29, 1.82) is 0 Å². The van der Waals surface area contributed by atoms with Gasteiger partial charge in [0.25, 0.3) is 0 Å². The molecule has 2 aliphatic carbocycles. The number of fused-ring (bicyclic) bond motifs is 3. The van der Waals surface area contributed by atoms with Gasteiger partial charge in [0, 0.05) is 30.6 Å². The topological polar surface area (TPSA) is 99.1 Å². The molecule has 1 aliphatic heterocycles. The number of hydrogen-bond donors (Lipinski definition) is 3. The van der Waals surface area contributed by atoms with E-state index < -0.39 is 24.2 Å². The molecule has 0 unspecified atom stereocenters. The van der Waals surface area contributed by atoms with E-state index in [1.165, 1.54) is 57.8 Å². The summed E-state index contributed by atoms with van der Waals surface area (Å²) in [6, 6.07) is 6.98. The number of amides is 2. The Morgan fingerprint density at radius 2 is 1.66 bits per heavy atom. The van der Waals surface area contributed by atoms with Crippen LogP contribution in [0.2, 0.25) is 0 Å². The lowest BCUT2D eigenvalue weighted by atomic mass is 9.77. The number of hydrogen-bond acceptors (Lipinski definition) is 5. The first-order chi connectivity index (χ1) is 20.0. The van der Waals surface area contributed by atoms with Crippen LogP contribution in [-0.4, -0.2) is 64.9 Å². The Balaban J connectivity index is 1.49. The van der Waals surface area contributed by atoms with Gasteiger partial charge in [-0.25, -0.2) is 0 Å². The molecule has 1 aromatic carbocycles. The highest BCUT2D eigenvalue weighted by molar-refractivity contribution is 5.96. The highest BCUT2D eigenvalue weighted by atomic mass is 16.5. The predicted molar refractivity (Wildman–Crippen MR) is 162 cm³/mol. The quantitative estimate of drug-likeness (QED) is 0.224. The lowest BCUT2D eigenvalue weighted by molar-refractivity contribution is -0.138. The van der Waals surface area contributed by atoms with Crippen LogP contribution in [0.25, 0.3) is 0 Å². The van der Waals surface area contributed by atoms with Gasteiger partial charge in [-0.1, -0.05) is 95.8 Å². The number of benzene rings is 1. The van der Waals surface area contributed by atoms with Gasteiger partial charge >= 0.3 is 0 Å². The van der Waals surface area contributed by atoms with Crippen LogP contribution < -0.4 is 10.1 Å². The third kappa shape index (κ3) is 8.35. The van der Waals surface area contributed by atoms with Crippen LogP contribution in [-0.2, 0) is 9.59 Å². The Hall–Kier alpha value is -2.38. The average Bonchev–Trinajstić information content (AvgIpc) is 3.39. The van der Waals surface area contributed by atoms with Gasteiger partial charge in [0.15, 0.2) is 0 Å². The maximum atomic E-state index is 13.8. The number of nitrogens with one attached hydrogen (secondary N) is 1. The molecule has 41 heavy (non-hydrogen) atoms. The monoisotopic (exact) mass is 568 g/mol. The Labute approximate surface area is 246 Å². The SMILES string of the molecule is CCCCCCCCCCCC(=O)N(CC1CCCCC1)[C@@H]1C=C(C(=O)NCCO)[C@@H]2c3ccccc3O[C@@H]2[C@H]1O. The molecule has 1 fully saturated rings. The molecule has 7 nitrogen and oxygen atoms in total. The molecule has 1 saturated carbocycles. The summed E-state index contributed by atoms with van der Waals surface area (Å²) in [5.41, 5.74) is 1.38. The van der Waals surface area contributed by atoms with Gasteiger partial charge in [0.05, 0.1) is 18.6 Å². The van der Waals surface area contributed by atoms with E-state index in [9.17, 15) is 19.8 Å². The van der Waals surface area contributed by atoms with E-state index in [0.717, 1.165) is 37.7 Å². The van der Waals surface area contributed by atoms with E-state index in [4.69, 9.17) is 4.74 Å². The summed E-state index contributed by atoms with van der Waals surface area (Å²) in [4.78, 5) is 29.1. The molecule has 0 saturated heterocycles. The Morgan fingerprint density at radius 3 is 2.37 bits per heavy atom. The molecule has 0 bridgehead atoms. The van der Waals surface area contributed by atoms with Gasteiger partial charge in [-0.05, 0) is 37.3 Å². The second kappa shape index (κ2) is 16.3. The second-order valence-electron chi connectivity index (χ2n) is 12.3. The van der Waals surface area contributed by atoms with Crippen molar-refractivity contribution in [3.63, 3.8) is 0 Å².